The minimum absolute atomic E-state index is 0.825. The molecule has 0 aliphatic rings. The first kappa shape index (κ1) is 22.5. The molecule has 0 atom stereocenters. The number of hydrogen-bond acceptors (Lipinski definition) is 3. The van der Waals surface area contributed by atoms with E-state index < -0.39 is 0 Å². The van der Waals surface area contributed by atoms with Crippen molar-refractivity contribution < 1.29 is 14.2 Å². The van der Waals surface area contributed by atoms with E-state index in [1.165, 1.54) is 16.7 Å². The lowest BCUT2D eigenvalue weighted by Crippen LogP contribution is -1.87. The quantitative estimate of drug-likeness (QED) is 0.327. The number of ether oxygens (including phenoxy) is 3. The second kappa shape index (κ2) is 9.41. The van der Waals surface area contributed by atoms with Crippen molar-refractivity contribution in [3.05, 3.63) is 89.5 Å². The van der Waals surface area contributed by atoms with Crippen molar-refractivity contribution in [1.82, 2.24) is 0 Å². The monoisotopic (exact) mass is 438 g/mol. The van der Waals surface area contributed by atoms with Gasteiger partial charge < -0.3 is 14.2 Å². The summed E-state index contributed by atoms with van der Waals surface area (Å²) in [5.74, 6) is 2.50. The summed E-state index contributed by atoms with van der Waals surface area (Å²) < 4.78 is 17.2. The van der Waals surface area contributed by atoms with Gasteiger partial charge in [-0.15, -0.1) is 0 Å². The Kier molecular flexibility index (Phi) is 6.41. The molecule has 0 unspecified atom stereocenters. The Hall–Kier alpha value is -3.72. The minimum Gasteiger partial charge on any atom is -0.496 e. The Labute approximate surface area is 195 Å². The SMILES string of the molecule is COc1cc2ccc3cc(OC)c(ccc4cc(C)c(ccc1cc2C)cc4OC)cc3C. The highest BCUT2D eigenvalue weighted by Gasteiger charge is 2.04. The van der Waals surface area contributed by atoms with E-state index in [0.717, 1.165) is 49.6 Å². The molecule has 168 valence electrons. The van der Waals surface area contributed by atoms with Crippen LogP contribution in [0.1, 0.15) is 16.7 Å². The third kappa shape index (κ3) is 4.58. The van der Waals surface area contributed by atoms with Crippen LogP contribution in [0.5, 0.6) is 17.2 Å². The first-order valence-corrected chi connectivity index (χ1v) is 11.0. The van der Waals surface area contributed by atoms with Gasteiger partial charge in [-0.05, 0) is 90.0 Å². The lowest BCUT2D eigenvalue weighted by Gasteiger charge is -2.08. The molecule has 0 spiro atoms. The van der Waals surface area contributed by atoms with Crippen LogP contribution in [0.25, 0.3) is 32.3 Å². The van der Waals surface area contributed by atoms with E-state index in [4.69, 9.17) is 14.2 Å². The smallest absolute Gasteiger partial charge is 0.126 e. The van der Waals surface area contributed by atoms with Crippen molar-refractivity contribution in [3.8, 4) is 17.2 Å². The van der Waals surface area contributed by atoms with E-state index in [2.05, 4.69) is 93.6 Å². The summed E-state index contributed by atoms with van der Waals surface area (Å²) in [5, 5.41) is 6.43. The van der Waals surface area contributed by atoms with Crippen molar-refractivity contribution in [1.29, 1.82) is 0 Å². The molecule has 0 aliphatic heterocycles. The van der Waals surface area contributed by atoms with Gasteiger partial charge in [0.2, 0.25) is 0 Å². The van der Waals surface area contributed by atoms with Crippen LogP contribution >= 0.6 is 0 Å². The molecule has 0 saturated heterocycles. The molecule has 0 aromatic heterocycles. The Morgan fingerprint density at radius 3 is 0.848 bits per heavy atom. The highest BCUT2D eigenvalue weighted by atomic mass is 16.5. The van der Waals surface area contributed by atoms with Gasteiger partial charge in [-0.25, -0.2) is 0 Å². The fourth-order valence-electron chi connectivity index (χ4n) is 4.18. The second-order valence-corrected chi connectivity index (χ2v) is 8.35. The zero-order valence-electron chi connectivity index (χ0n) is 20.2. The Bertz CT molecular complexity index is 1450. The van der Waals surface area contributed by atoms with Crippen LogP contribution in [0.4, 0.5) is 0 Å². The van der Waals surface area contributed by atoms with Crippen LogP contribution in [0.15, 0.2) is 72.8 Å². The predicted molar refractivity (Wildman–Crippen MR) is 139 cm³/mol. The van der Waals surface area contributed by atoms with Crippen molar-refractivity contribution >= 4 is 32.3 Å². The van der Waals surface area contributed by atoms with E-state index in [0.29, 0.717) is 0 Å². The van der Waals surface area contributed by atoms with Crippen LogP contribution in [0.2, 0.25) is 0 Å². The zero-order chi connectivity index (χ0) is 23.5. The van der Waals surface area contributed by atoms with E-state index >= 15 is 0 Å². The van der Waals surface area contributed by atoms with Gasteiger partial charge in [0, 0.05) is 16.2 Å². The fourth-order valence-corrected chi connectivity index (χ4v) is 4.18. The maximum Gasteiger partial charge on any atom is 0.126 e. The highest BCUT2D eigenvalue weighted by Crippen LogP contribution is 2.29. The molecule has 9 rings (SSSR count). The van der Waals surface area contributed by atoms with Crippen LogP contribution in [0, 0.1) is 20.8 Å². The Morgan fingerprint density at radius 2 is 0.606 bits per heavy atom. The van der Waals surface area contributed by atoms with E-state index in [1.54, 1.807) is 21.3 Å². The largest absolute Gasteiger partial charge is 0.496 e. The molecule has 0 heterocycles. The average molecular weight is 439 g/mol. The number of methoxy groups -OCH3 is 3. The van der Waals surface area contributed by atoms with E-state index in [-0.39, 0.29) is 0 Å². The van der Waals surface area contributed by atoms with Crippen molar-refractivity contribution in [2.45, 2.75) is 20.8 Å². The molecule has 6 bridgehead atoms. The van der Waals surface area contributed by atoms with Crippen LogP contribution in [-0.2, 0) is 0 Å². The van der Waals surface area contributed by atoms with Crippen molar-refractivity contribution in [3.63, 3.8) is 0 Å². The summed E-state index contributed by atoms with van der Waals surface area (Å²) in [6.45, 7) is 6.36. The predicted octanol–water partition coefficient (Wildman–Crippen LogP) is 7.78. The molecule has 3 nitrogen and oxygen atoms in total. The number of aryl methyl sites for hydroxylation is 3. The molecule has 9 aromatic carbocycles. The van der Waals surface area contributed by atoms with Gasteiger partial charge in [0.1, 0.15) is 17.2 Å². The molecular weight excluding hydrogens is 408 g/mol. The molecular formula is C30H30O3. The summed E-state index contributed by atoms with van der Waals surface area (Å²) in [4.78, 5) is 0. The van der Waals surface area contributed by atoms with Crippen molar-refractivity contribution in [2.75, 3.05) is 21.3 Å². The maximum absolute atomic E-state index is 5.72. The van der Waals surface area contributed by atoms with Gasteiger partial charge in [-0.2, -0.15) is 0 Å². The molecule has 33 heavy (non-hydrogen) atoms. The van der Waals surface area contributed by atoms with Gasteiger partial charge in [0.15, 0.2) is 0 Å². The molecule has 0 radical (unpaired) electrons. The molecule has 0 saturated carbocycles. The topological polar surface area (TPSA) is 27.7 Å². The summed E-state index contributed by atoms with van der Waals surface area (Å²) in [6, 6.07) is 25.4. The van der Waals surface area contributed by atoms with Crippen LogP contribution in [-0.4, -0.2) is 21.3 Å². The lowest BCUT2D eigenvalue weighted by atomic mass is 10.0. The van der Waals surface area contributed by atoms with Gasteiger partial charge in [0.05, 0.1) is 21.3 Å². The molecule has 3 heteroatoms. The summed E-state index contributed by atoms with van der Waals surface area (Å²) >= 11 is 0. The third-order valence-corrected chi connectivity index (χ3v) is 6.18. The first-order valence-electron chi connectivity index (χ1n) is 11.0. The van der Waals surface area contributed by atoms with E-state index in [1.807, 2.05) is 0 Å². The van der Waals surface area contributed by atoms with Crippen LogP contribution < -0.4 is 14.2 Å². The summed E-state index contributed by atoms with van der Waals surface area (Å²) in [6.07, 6.45) is 0. The minimum atomic E-state index is 0.825. The van der Waals surface area contributed by atoms with E-state index in [9.17, 15) is 0 Å². The summed E-state index contributed by atoms with van der Waals surface area (Å²) in [5.41, 5.74) is 3.53. The Morgan fingerprint density at radius 1 is 0.364 bits per heavy atom. The highest BCUT2D eigenvalue weighted by molar-refractivity contribution is 5.81. The zero-order valence-corrected chi connectivity index (χ0v) is 20.2. The second-order valence-electron chi connectivity index (χ2n) is 8.35. The maximum atomic E-state index is 5.72. The fraction of sp³-hybridized carbons (Fsp3) is 0.200. The van der Waals surface area contributed by atoms with Crippen molar-refractivity contribution in [2.24, 2.45) is 0 Å². The third-order valence-electron chi connectivity index (χ3n) is 6.18. The molecule has 0 N–H and O–H groups in total. The number of benzene rings is 3. The van der Waals surface area contributed by atoms with Gasteiger partial charge in [0.25, 0.3) is 0 Å². The van der Waals surface area contributed by atoms with Gasteiger partial charge in [-0.3, -0.25) is 0 Å². The number of rotatable bonds is 3. The summed E-state index contributed by atoms with van der Waals surface area (Å²) in [7, 11) is 5.13. The van der Waals surface area contributed by atoms with Crippen LogP contribution in [0.3, 0.4) is 0 Å². The standard InChI is InChI=1S/C30H30O3/c1-19-13-25-10-9-24-18-30(33-6)27(15-21(24)3)12-11-26-14-20(2)23(17-29(26)32-5)8-7-22(19)16-28(25)31-4/h7-18H,1-6H3. The molecule has 0 fully saturated rings. The molecule has 0 amide bonds. The normalized spacial score (nSPS) is 10.7. The Balaban J connectivity index is 2.21. The lowest BCUT2D eigenvalue weighted by molar-refractivity contribution is 0.419. The molecule has 9 aromatic rings. The van der Waals surface area contributed by atoms with Gasteiger partial charge in [-0.1, -0.05) is 36.4 Å². The average Bonchev–Trinajstić information content (AvgIpc) is 2.81. The number of hydrogen-bond donors (Lipinski definition) is 0. The first-order chi connectivity index (χ1) is 15.9. The molecule has 0 aliphatic carbocycles. The van der Waals surface area contributed by atoms with Gasteiger partial charge >= 0.3 is 0 Å².